The molecule has 2 aromatic rings. The second-order valence-electron chi connectivity index (χ2n) is 6.85. The van der Waals surface area contributed by atoms with Gasteiger partial charge < -0.3 is 15.1 Å². The van der Waals surface area contributed by atoms with Crippen molar-refractivity contribution < 1.29 is 14.0 Å². The molecule has 1 aromatic carbocycles. The first kappa shape index (κ1) is 19.5. The average Bonchev–Trinajstić information content (AvgIpc) is 3.23. The molecule has 1 fully saturated rings. The number of hydrogen-bond acceptors (Lipinski definition) is 4. The molecule has 6 heteroatoms. The van der Waals surface area contributed by atoms with Crippen molar-refractivity contribution in [2.45, 2.75) is 43.5 Å². The first-order chi connectivity index (χ1) is 13.2. The monoisotopic (exact) mass is 386 g/mol. The summed E-state index contributed by atoms with van der Waals surface area (Å²) in [6, 6.07) is 11.0. The van der Waals surface area contributed by atoms with Crippen LogP contribution in [-0.4, -0.2) is 24.1 Å². The second kappa shape index (κ2) is 10.2. The number of amides is 2. The number of furan rings is 1. The Morgan fingerprint density at radius 2 is 1.85 bits per heavy atom. The van der Waals surface area contributed by atoms with Crippen LogP contribution in [0.2, 0.25) is 0 Å². The van der Waals surface area contributed by atoms with Crippen LogP contribution in [0.3, 0.4) is 0 Å². The number of carbonyl (C=O) groups is 2. The Kier molecular flexibility index (Phi) is 7.39. The SMILES string of the molecule is O=C(CSc1ccccc1C(=O)NCc1ccco1)NCC1CCCCC1. The van der Waals surface area contributed by atoms with Gasteiger partial charge in [0.2, 0.25) is 5.91 Å². The van der Waals surface area contributed by atoms with Crippen molar-refractivity contribution in [3.05, 3.63) is 54.0 Å². The van der Waals surface area contributed by atoms with Gasteiger partial charge in [0, 0.05) is 11.4 Å². The molecule has 2 N–H and O–H groups in total. The molecule has 144 valence electrons. The zero-order valence-electron chi connectivity index (χ0n) is 15.4. The number of nitrogens with one attached hydrogen (secondary N) is 2. The van der Waals surface area contributed by atoms with E-state index in [4.69, 9.17) is 4.42 Å². The maximum Gasteiger partial charge on any atom is 0.252 e. The smallest absolute Gasteiger partial charge is 0.252 e. The number of rotatable bonds is 8. The zero-order valence-corrected chi connectivity index (χ0v) is 16.2. The van der Waals surface area contributed by atoms with Crippen molar-refractivity contribution in [3.63, 3.8) is 0 Å². The molecule has 3 rings (SSSR count). The van der Waals surface area contributed by atoms with Crippen LogP contribution in [0.4, 0.5) is 0 Å². The van der Waals surface area contributed by atoms with E-state index in [1.165, 1.54) is 43.9 Å². The highest BCUT2D eigenvalue weighted by molar-refractivity contribution is 8.00. The van der Waals surface area contributed by atoms with Gasteiger partial charge in [0.15, 0.2) is 0 Å². The molecule has 27 heavy (non-hydrogen) atoms. The predicted molar refractivity (Wildman–Crippen MR) is 107 cm³/mol. The van der Waals surface area contributed by atoms with Gasteiger partial charge in [0.1, 0.15) is 5.76 Å². The Morgan fingerprint density at radius 1 is 1.04 bits per heavy atom. The maximum absolute atomic E-state index is 12.5. The molecule has 0 radical (unpaired) electrons. The van der Waals surface area contributed by atoms with Crippen LogP contribution in [0, 0.1) is 5.92 Å². The highest BCUT2D eigenvalue weighted by Crippen LogP contribution is 2.24. The molecule has 0 aliphatic heterocycles. The van der Waals surface area contributed by atoms with Crippen LogP contribution in [0.1, 0.15) is 48.2 Å². The largest absolute Gasteiger partial charge is 0.467 e. The highest BCUT2D eigenvalue weighted by Gasteiger charge is 2.16. The van der Waals surface area contributed by atoms with Gasteiger partial charge in [-0.2, -0.15) is 0 Å². The number of benzene rings is 1. The summed E-state index contributed by atoms with van der Waals surface area (Å²) in [5.74, 6) is 1.49. The van der Waals surface area contributed by atoms with Crippen molar-refractivity contribution >= 4 is 23.6 Å². The van der Waals surface area contributed by atoms with E-state index in [9.17, 15) is 9.59 Å². The minimum Gasteiger partial charge on any atom is -0.467 e. The molecule has 0 saturated heterocycles. The minimum atomic E-state index is -0.169. The minimum absolute atomic E-state index is 0.0244. The van der Waals surface area contributed by atoms with Gasteiger partial charge in [-0.1, -0.05) is 31.4 Å². The Labute approximate surface area is 164 Å². The number of carbonyl (C=O) groups excluding carboxylic acids is 2. The standard InChI is InChI=1S/C21H26N2O3S/c24-20(22-13-16-7-2-1-3-8-16)15-27-19-11-5-4-10-18(19)21(25)23-14-17-9-6-12-26-17/h4-6,9-12,16H,1-3,7-8,13-15H2,(H,22,24)(H,23,25). The molecule has 0 bridgehead atoms. The van der Waals surface area contributed by atoms with Crippen molar-refractivity contribution in [1.82, 2.24) is 10.6 Å². The van der Waals surface area contributed by atoms with E-state index in [0.29, 0.717) is 29.5 Å². The third-order valence-electron chi connectivity index (χ3n) is 4.81. The summed E-state index contributed by atoms with van der Waals surface area (Å²) in [6.45, 7) is 1.11. The van der Waals surface area contributed by atoms with E-state index in [1.54, 1.807) is 18.4 Å². The molecular formula is C21H26N2O3S. The average molecular weight is 387 g/mol. The normalized spacial score (nSPS) is 14.7. The molecule has 1 heterocycles. The fourth-order valence-corrected chi connectivity index (χ4v) is 4.18. The molecule has 0 atom stereocenters. The van der Waals surface area contributed by atoms with Crippen molar-refractivity contribution in [3.8, 4) is 0 Å². The van der Waals surface area contributed by atoms with Crippen LogP contribution < -0.4 is 10.6 Å². The topological polar surface area (TPSA) is 71.3 Å². The molecule has 2 amide bonds. The lowest BCUT2D eigenvalue weighted by atomic mass is 9.89. The van der Waals surface area contributed by atoms with E-state index in [-0.39, 0.29) is 11.8 Å². The lowest BCUT2D eigenvalue weighted by molar-refractivity contribution is -0.118. The Morgan fingerprint density at radius 3 is 2.63 bits per heavy atom. The lowest BCUT2D eigenvalue weighted by Gasteiger charge is -2.21. The van der Waals surface area contributed by atoms with Crippen molar-refractivity contribution in [2.75, 3.05) is 12.3 Å². The number of thioether (sulfide) groups is 1. The predicted octanol–water partition coefficient (Wildman–Crippen LogP) is 4.00. The van der Waals surface area contributed by atoms with E-state index >= 15 is 0 Å². The van der Waals surface area contributed by atoms with Gasteiger partial charge in [0.05, 0.1) is 24.1 Å². The summed E-state index contributed by atoms with van der Waals surface area (Å²) in [4.78, 5) is 25.5. The van der Waals surface area contributed by atoms with Crippen LogP contribution in [0.15, 0.2) is 52.0 Å². The summed E-state index contributed by atoms with van der Waals surface area (Å²) >= 11 is 1.40. The fourth-order valence-electron chi connectivity index (χ4n) is 3.30. The Balaban J connectivity index is 1.47. The Bertz CT molecular complexity index is 740. The van der Waals surface area contributed by atoms with Gasteiger partial charge in [-0.3, -0.25) is 9.59 Å². The van der Waals surface area contributed by atoms with Crippen LogP contribution in [0.25, 0.3) is 0 Å². The van der Waals surface area contributed by atoms with Crippen LogP contribution in [-0.2, 0) is 11.3 Å². The third-order valence-corrected chi connectivity index (χ3v) is 5.88. The molecule has 5 nitrogen and oxygen atoms in total. The molecule has 1 aliphatic carbocycles. The fraction of sp³-hybridized carbons (Fsp3) is 0.429. The highest BCUT2D eigenvalue weighted by atomic mass is 32.2. The summed E-state index contributed by atoms with van der Waals surface area (Å²) < 4.78 is 5.23. The van der Waals surface area contributed by atoms with E-state index in [2.05, 4.69) is 10.6 Å². The molecule has 1 saturated carbocycles. The first-order valence-electron chi connectivity index (χ1n) is 9.51. The second-order valence-corrected chi connectivity index (χ2v) is 7.87. The summed E-state index contributed by atoms with van der Waals surface area (Å²) in [6.07, 6.45) is 7.88. The van der Waals surface area contributed by atoms with E-state index in [0.717, 1.165) is 11.4 Å². The van der Waals surface area contributed by atoms with Crippen molar-refractivity contribution in [1.29, 1.82) is 0 Å². The zero-order chi connectivity index (χ0) is 18.9. The summed E-state index contributed by atoms with van der Waals surface area (Å²) in [7, 11) is 0. The molecule has 1 aliphatic rings. The molecule has 0 unspecified atom stereocenters. The van der Waals surface area contributed by atoms with Crippen LogP contribution in [0.5, 0.6) is 0 Å². The van der Waals surface area contributed by atoms with Gasteiger partial charge in [0.25, 0.3) is 5.91 Å². The van der Waals surface area contributed by atoms with Crippen molar-refractivity contribution in [2.24, 2.45) is 5.92 Å². The molecule has 0 spiro atoms. The lowest BCUT2D eigenvalue weighted by Crippen LogP contribution is -2.31. The van der Waals surface area contributed by atoms with Gasteiger partial charge in [-0.15, -0.1) is 11.8 Å². The maximum atomic E-state index is 12.5. The quantitative estimate of drug-likeness (QED) is 0.673. The van der Waals surface area contributed by atoms with E-state index < -0.39 is 0 Å². The first-order valence-corrected chi connectivity index (χ1v) is 10.5. The summed E-state index contributed by atoms with van der Waals surface area (Å²) in [5, 5.41) is 5.89. The summed E-state index contributed by atoms with van der Waals surface area (Å²) in [5.41, 5.74) is 0.578. The van der Waals surface area contributed by atoms with Gasteiger partial charge >= 0.3 is 0 Å². The van der Waals surface area contributed by atoms with Gasteiger partial charge in [-0.25, -0.2) is 0 Å². The molecule has 1 aromatic heterocycles. The number of hydrogen-bond donors (Lipinski definition) is 2. The van der Waals surface area contributed by atoms with E-state index in [1.807, 2.05) is 24.3 Å². The molecular weight excluding hydrogens is 360 g/mol. The van der Waals surface area contributed by atoms with Crippen LogP contribution >= 0.6 is 11.8 Å². The Hall–Kier alpha value is -2.21. The van der Waals surface area contributed by atoms with Gasteiger partial charge in [-0.05, 0) is 43.0 Å². The third kappa shape index (κ3) is 6.17.